The van der Waals surface area contributed by atoms with E-state index in [9.17, 15) is 19.2 Å². The average molecular weight is 450 g/mol. The van der Waals surface area contributed by atoms with Crippen LogP contribution in [0.2, 0.25) is 0 Å². The van der Waals surface area contributed by atoms with Crippen LogP contribution >= 0.6 is 0 Å². The zero-order valence-electron chi connectivity index (χ0n) is 20.0. The SMILES string of the molecule is CCCN(C(=O)C(C)NC(=O)OC(C)(C)C)C(C(=O)NCC(=O)OC)c1ccccc1C. The maximum Gasteiger partial charge on any atom is 0.408 e. The Kier molecular flexibility index (Phi) is 10.2. The fraction of sp³-hybridized carbons (Fsp3) is 0.565. The fourth-order valence-corrected chi connectivity index (χ4v) is 3.07. The van der Waals surface area contributed by atoms with Gasteiger partial charge in [0.2, 0.25) is 11.8 Å². The van der Waals surface area contributed by atoms with Gasteiger partial charge in [0.25, 0.3) is 0 Å². The second-order valence-corrected chi connectivity index (χ2v) is 8.45. The molecule has 9 heteroatoms. The summed E-state index contributed by atoms with van der Waals surface area (Å²) in [6.45, 7) is 10.4. The van der Waals surface area contributed by atoms with Gasteiger partial charge in [0, 0.05) is 6.54 Å². The Bertz CT molecular complexity index is 818. The molecule has 0 fully saturated rings. The maximum absolute atomic E-state index is 13.3. The zero-order chi connectivity index (χ0) is 24.5. The third-order valence-corrected chi connectivity index (χ3v) is 4.53. The van der Waals surface area contributed by atoms with Crippen molar-refractivity contribution in [1.82, 2.24) is 15.5 Å². The lowest BCUT2D eigenvalue weighted by molar-refractivity contribution is -0.144. The van der Waals surface area contributed by atoms with E-state index in [0.717, 1.165) is 5.56 Å². The van der Waals surface area contributed by atoms with Gasteiger partial charge in [-0.05, 0) is 52.2 Å². The molecule has 0 aliphatic heterocycles. The molecule has 0 aliphatic rings. The molecular weight excluding hydrogens is 414 g/mol. The van der Waals surface area contributed by atoms with E-state index in [0.29, 0.717) is 12.0 Å². The van der Waals surface area contributed by atoms with E-state index in [4.69, 9.17) is 4.74 Å². The van der Waals surface area contributed by atoms with Gasteiger partial charge in [-0.15, -0.1) is 0 Å². The third kappa shape index (κ3) is 8.20. The smallest absolute Gasteiger partial charge is 0.408 e. The van der Waals surface area contributed by atoms with Crippen LogP contribution in [0.4, 0.5) is 4.79 Å². The van der Waals surface area contributed by atoms with Crippen LogP contribution in [0.25, 0.3) is 0 Å². The minimum atomic E-state index is -0.990. The molecule has 178 valence electrons. The van der Waals surface area contributed by atoms with E-state index >= 15 is 0 Å². The molecule has 2 N–H and O–H groups in total. The first-order valence-electron chi connectivity index (χ1n) is 10.6. The van der Waals surface area contributed by atoms with Crippen LogP contribution in [-0.2, 0) is 23.9 Å². The number of aryl methyl sites for hydroxylation is 1. The number of rotatable bonds is 9. The van der Waals surface area contributed by atoms with Gasteiger partial charge in [-0.25, -0.2) is 4.79 Å². The van der Waals surface area contributed by atoms with Crippen molar-refractivity contribution in [2.75, 3.05) is 20.2 Å². The Labute approximate surface area is 189 Å². The molecule has 0 bridgehead atoms. The van der Waals surface area contributed by atoms with Crippen LogP contribution < -0.4 is 10.6 Å². The molecule has 32 heavy (non-hydrogen) atoms. The number of nitrogens with one attached hydrogen (secondary N) is 2. The summed E-state index contributed by atoms with van der Waals surface area (Å²) < 4.78 is 9.83. The van der Waals surface area contributed by atoms with Crippen molar-refractivity contribution in [1.29, 1.82) is 0 Å². The third-order valence-electron chi connectivity index (χ3n) is 4.53. The van der Waals surface area contributed by atoms with Crippen LogP contribution in [0.1, 0.15) is 58.2 Å². The van der Waals surface area contributed by atoms with Gasteiger partial charge in [0.05, 0.1) is 7.11 Å². The minimum Gasteiger partial charge on any atom is -0.468 e. The van der Waals surface area contributed by atoms with Gasteiger partial charge >= 0.3 is 12.1 Å². The number of benzene rings is 1. The van der Waals surface area contributed by atoms with Gasteiger partial charge in [0.1, 0.15) is 24.2 Å². The molecule has 2 atom stereocenters. The summed E-state index contributed by atoms with van der Waals surface area (Å²) in [7, 11) is 1.23. The van der Waals surface area contributed by atoms with E-state index in [-0.39, 0.29) is 13.1 Å². The average Bonchev–Trinajstić information content (AvgIpc) is 2.70. The van der Waals surface area contributed by atoms with E-state index in [1.807, 2.05) is 26.0 Å². The number of carbonyl (C=O) groups excluding carboxylic acids is 4. The number of hydrogen-bond donors (Lipinski definition) is 2. The van der Waals surface area contributed by atoms with Crippen LogP contribution in [0.3, 0.4) is 0 Å². The molecule has 0 aromatic heterocycles. The van der Waals surface area contributed by atoms with Crippen molar-refractivity contribution in [3.8, 4) is 0 Å². The number of esters is 1. The summed E-state index contributed by atoms with van der Waals surface area (Å²) in [5, 5.41) is 5.08. The minimum absolute atomic E-state index is 0.268. The Morgan fingerprint density at radius 2 is 1.75 bits per heavy atom. The lowest BCUT2D eigenvalue weighted by atomic mass is 9.98. The summed E-state index contributed by atoms with van der Waals surface area (Å²) in [6, 6.07) is 5.29. The highest BCUT2D eigenvalue weighted by molar-refractivity contribution is 5.93. The lowest BCUT2D eigenvalue weighted by Crippen LogP contribution is -2.52. The van der Waals surface area contributed by atoms with Gasteiger partial charge in [-0.3, -0.25) is 14.4 Å². The van der Waals surface area contributed by atoms with Crippen molar-refractivity contribution >= 4 is 23.9 Å². The summed E-state index contributed by atoms with van der Waals surface area (Å²) in [4.78, 5) is 51.6. The fourth-order valence-electron chi connectivity index (χ4n) is 3.07. The molecule has 0 saturated heterocycles. The number of ether oxygens (including phenoxy) is 2. The van der Waals surface area contributed by atoms with Crippen molar-refractivity contribution < 1.29 is 28.7 Å². The second-order valence-electron chi connectivity index (χ2n) is 8.45. The number of nitrogens with zero attached hydrogens (tertiary/aromatic N) is 1. The first kappa shape index (κ1) is 26.9. The van der Waals surface area contributed by atoms with E-state index in [1.165, 1.54) is 18.9 Å². The van der Waals surface area contributed by atoms with Gasteiger partial charge in [-0.1, -0.05) is 31.2 Å². The van der Waals surface area contributed by atoms with Gasteiger partial charge < -0.3 is 25.0 Å². The molecule has 9 nitrogen and oxygen atoms in total. The first-order valence-corrected chi connectivity index (χ1v) is 10.6. The number of carbonyl (C=O) groups is 4. The normalized spacial score (nSPS) is 12.8. The summed E-state index contributed by atoms with van der Waals surface area (Å²) in [6.07, 6.45) is -0.144. The largest absolute Gasteiger partial charge is 0.468 e. The molecular formula is C23H35N3O6. The van der Waals surface area contributed by atoms with Gasteiger partial charge in [0.15, 0.2) is 0 Å². The molecule has 3 amide bonds. The molecule has 1 aromatic rings. The molecule has 2 unspecified atom stereocenters. The Morgan fingerprint density at radius 3 is 2.28 bits per heavy atom. The number of methoxy groups -OCH3 is 1. The predicted molar refractivity (Wildman–Crippen MR) is 120 cm³/mol. The molecule has 0 saturated carbocycles. The maximum atomic E-state index is 13.3. The highest BCUT2D eigenvalue weighted by Crippen LogP contribution is 2.25. The highest BCUT2D eigenvalue weighted by Gasteiger charge is 2.35. The monoisotopic (exact) mass is 449 g/mol. The molecule has 0 aliphatic carbocycles. The van der Waals surface area contributed by atoms with Crippen LogP contribution in [0.15, 0.2) is 24.3 Å². The number of alkyl carbamates (subject to hydrolysis) is 1. The molecule has 0 spiro atoms. The van der Waals surface area contributed by atoms with Gasteiger partial charge in [-0.2, -0.15) is 0 Å². The van der Waals surface area contributed by atoms with Crippen LogP contribution in [-0.4, -0.2) is 60.6 Å². The van der Waals surface area contributed by atoms with Crippen molar-refractivity contribution in [3.63, 3.8) is 0 Å². The summed E-state index contributed by atoms with van der Waals surface area (Å²) >= 11 is 0. The Hall–Kier alpha value is -3.10. The standard InChI is InChI=1S/C23H35N3O6/c1-8-13-26(21(29)16(3)25-22(30)32-23(4,5)6)19(17-12-10-9-11-15(17)2)20(28)24-14-18(27)31-7/h9-12,16,19H,8,13-14H2,1-7H3,(H,24,28)(H,25,30). The van der Waals surface area contributed by atoms with E-state index < -0.39 is 41.6 Å². The molecule has 0 radical (unpaired) electrons. The first-order chi connectivity index (χ1) is 14.9. The number of hydrogen-bond acceptors (Lipinski definition) is 6. The summed E-state index contributed by atoms with van der Waals surface area (Å²) in [5.74, 6) is -1.56. The lowest BCUT2D eigenvalue weighted by Gasteiger charge is -2.34. The Morgan fingerprint density at radius 1 is 1.12 bits per heavy atom. The van der Waals surface area contributed by atoms with E-state index in [2.05, 4.69) is 15.4 Å². The summed E-state index contributed by atoms with van der Waals surface area (Å²) in [5.41, 5.74) is 0.724. The molecule has 0 heterocycles. The topological polar surface area (TPSA) is 114 Å². The molecule has 1 aromatic carbocycles. The van der Waals surface area contributed by atoms with E-state index in [1.54, 1.807) is 32.9 Å². The van der Waals surface area contributed by atoms with Crippen molar-refractivity contribution in [2.45, 2.75) is 65.6 Å². The van der Waals surface area contributed by atoms with Crippen molar-refractivity contribution in [3.05, 3.63) is 35.4 Å². The Balaban J connectivity index is 3.24. The quantitative estimate of drug-likeness (QED) is 0.560. The zero-order valence-corrected chi connectivity index (χ0v) is 20.0. The molecule has 1 rings (SSSR count). The highest BCUT2D eigenvalue weighted by atomic mass is 16.6. The van der Waals surface area contributed by atoms with Crippen molar-refractivity contribution in [2.24, 2.45) is 0 Å². The predicted octanol–water partition coefficient (Wildman–Crippen LogP) is 2.48. The number of amides is 3. The van der Waals surface area contributed by atoms with Crippen LogP contribution in [0, 0.1) is 6.92 Å². The second kappa shape index (κ2) is 12.1. The van der Waals surface area contributed by atoms with Crippen LogP contribution in [0.5, 0.6) is 0 Å².